The zero-order valence-electron chi connectivity index (χ0n) is 16.4. The third-order valence-electron chi connectivity index (χ3n) is 4.78. The third kappa shape index (κ3) is 4.55. The summed E-state index contributed by atoms with van der Waals surface area (Å²) >= 11 is 0.943. The van der Waals surface area contributed by atoms with Gasteiger partial charge in [-0.3, -0.25) is 10.1 Å². The van der Waals surface area contributed by atoms with Crippen molar-refractivity contribution in [2.24, 2.45) is 0 Å². The van der Waals surface area contributed by atoms with Gasteiger partial charge in [-0.2, -0.15) is 21.6 Å². The summed E-state index contributed by atoms with van der Waals surface area (Å²) in [6.45, 7) is 0. The van der Waals surface area contributed by atoms with Crippen LogP contribution in [0.4, 0.5) is 27.1 Å². The van der Waals surface area contributed by atoms with Crippen LogP contribution < -0.4 is 9.50 Å². The highest BCUT2D eigenvalue weighted by molar-refractivity contribution is 7.88. The fraction of sp³-hybridized carbons (Fsp3) is 0.200. The number of aryl methyl sites for hydroxylation is 2. The molecule has 1 heterocycles. The molecule has 1 aliphatic carbocycles. The smallest absolute Gasteiger partial charge is 0.376 e. The van der Waals surface area contributed by atoms with Crippen molar-refractivity contribution >= 4 is 32.5 Å². The average Bonchev–Trinajstić information content (AvgIpc) is 3.02. The van der Waals surface area contributed by atoms with Gasteiger partial charge in [0.1, 0.15) is 22.9 Å². The first-order valence-electron chi connectivity index (χ1n) is 9.35. The van der Waals surface area contributed by atoms with Gasteiger partial charge in [-0.05, 0) is 49.1 Å². The molecule has 0 spiro atoms. The molecule has 0 atom stereocenters. The number of nitrogens with one attached hydrogen (secondary N) is 1. The number of amides is 1. The van der Waals surface area contributed by atoms with Crippen LogP contribution in [-0.2, 0) is 23.0 Å². The maximum absolute atomic E-state index is 13.9. The lowest BCUT2D eigenvalue weighted by molar-refractivity contribution is -0.0500. The molecule has 0 unspecified atom stereocenters. The van der Waals surface area contributed by atoms with Crippen molar-refractivity contribution in [2.75, 3.05) is 5.32 Å². The predicted octanol–water partition coefficient (Wildman–Crippen LogP) is 5.06. The first-order valence-corrected chi connectivity index (χ1v) is 11.6. The highest BCUT2D eigenvalue weighted by atomic mass is 32.2. The molecule has 3 aromatic rings. The number of halogens is 5. The van der Waals surface area contributed by atoms with E-state index in [1.54, 1.807) is 0 Å². The summed E-state index contributed by atoms with van der Waals surface area (Å²) in [5.74, 6) is -3.69. The second-order valence-corrected chi connectivity index (χ2v) is 9.54. The largest absolute Gasteiger partial charge is 0.534 e. The van der Waals surface area contributed by atoms with E-state index in [2.05, 4.69) is 14.5 Å². The Bertz CT molecular complexity index is 1330. The molecule has 0 radical (unpaired) electrons. The lowest BCUT2D eigenvalue weighted by atomic mass is 10.0. The maximum Gasteiger partial charge on any atom is 0.534 e. The van der Waals surface area contributed by atoms with E-state index in [0.29, 0.717) is 41.0 Å². The molecule has 0 fully saturated rings. The maximum atomic E-state index is 13.9. The Morgan fingerprint density at radius 2 is 1.79 bits per heavy atom. The van der Waals surface area contributed by atoms with Crippen molar-refractivity contribution < 1.29 is 39.3 Å². The Morgan fingerprint density at radius 3 is 2.45 bits per heavy atom. The number of aromatic nitrogens is 1. The topological polar surface area (TPSA) is 85.4 Å². The molecular weight excluding hydrogens is 491 g/mol. The van der Waals surface area contributed by atoms with Crippen LogP contribution in [-0.4, -0.2) is 24.8 Å². The van der Waals surface area contributed by atoms with Gasteiger partial charge in [0.2, 0.25) is 0 Å². The molecule has 1 amide bonds. The first-order chi connectivity index (χ1) is 15.5. The van der Waals surface area contributed by atoms with Gasteiger partial charge in [0.25, 0.3) is 5.91 Å². The van der Waals surface area contributed by atoms with Gasteiger partial charge in [0, 0.05) is 5.56 Å². The highest BCUT2D eigenvalue weighted by Crippen LogP contribution is 2.41. The minimum atomic E-state index is -5.85. The molecule has 0 saturated carbocycles. The van der Waals surface area contributed by atoms with Gasteiger partial charge in [-0.15, -0.1) is 0 Å². The van der Waals surface area contributed by atoms with E-state index in [9.17, 15) is 35.2 Å². The zero-order chi connectivity index (χ0) is 24.0. The number of alkyl halides is 3. The Balaban J connectivity index is 1.68. The number of carbonyl (C=O) groups excluding carboxylic acids is 1. The van der Waals surface area contributed by atoms with E-state index in [0.717, 1.165) is 41.7 Å². The normalized spacial score (nSPS) is 13.6. The molecule has 2 aromatic carbocycles. The Hall–Kier alpha value is -3.06. The molecule has 4 rings (SSSR count). The molecule has 33 heavy (non-hydrogen) atoms. The number of nitrogens with zero attached hydrogens (tertiary/aromatic N) is 1. The monoisotopic (exact) mass is 504 g/mol. The quantitative estimate of drug-likeness (QED) is 0.305. The molecule has 1 N–H and O–H groups in total. The van der Waals surface area contributed by atoms with Crippen molar-refractivity contribution in [3.8, 4) is 16.2 Å². The molecule has 0 aliphatic heterocycles. The van der Waals surface area contributed by atoms with Crippen molar-refractivity contribution in [3.05, 3.63) is 64.9 Å². The number of fused-ring (bicyclic) bond motifs is 3. The van der Waals surface area contributed by atoms with Gasteiger partial charge < -0.3 is 4.18 Å². The van der Waals surface area contributed by atoms with Crippen molar-refractivity contribution in [2.45, 2.75) is 24.8 Å². The van der Waals surface area contributed by atoms with E-state index in [4.69, 9.17) is 0 Å². The molecule has 6 nitrogen and oxygen atoms in total. The van der Waals surface area contributed by atoms with Crippen molar-refractivity contribution in [1.29, 1.82) is 0 Å². The second-order valence-electron chi connectivity index (χ2n) is 7.00. The van der Waals surface area contributed by atoms with Gasteiger partial charge in [0.15, 0.2) is 5.13 Å². The first kappa shape index (κ1) is 23.1. The van der Waals surface area contributed by atoms with Crippen LogP contribution in [0.15, 0.2) is 36.4 Å². The SMILES string of the molecule is O=C(Nc1nc2c(s1)-c1cc(OS(=O)(=O)C(F)(F)F)ccc1CCC2)c1c(F)cccc1F. The molecule has 0 saturated heterocycles. The van der Waals surface area contributed by atoms with Gasteiger partial charge in [-0.1, -0.05) is 23.5 Å². The van der Waals surface area contributed by atoms with Crippen molar-refractivity contribution in [1.82, 2.24) is 4.98 Å². The van der Waals surface area contributed by atoms with Crippen LogP contribution in [0.3, 0.4) is 0 Å². The standard InChI is InChI=1S/C20H13F5N2O4S2/c21-13-4-2-5-14(22)16(13)18(28)27-19-26-15-6-1-3-10-7-8-11(9-12(10)17(15)32-19)31-33(29,30)20(23,24)25/h2,4-5,7-9H,1,3,6H2,(H,26,27,28). The van der Waals surface area contributed by atoms with E-state index >= 15 is 0 Å². The molecule has 1 aromatic heterocycles. The highest BCUT2D eigenvalue weighted by Gasteiger charge is 2.48. The lowest BCUT2D eigenvalue weighted by Gasteiger charge is -2.12. The summed E-state index contributed by atoms with van der Waals surface area (Å²) < 4.78 is 92.7. The minimum Gasteiger partial charge on any atom is -0.376 e. The Morgan fingerprint density at radius 1 is 1.09 bits per heavy atom. The van der Waals surface area contributed by atoms with Crippen LogP contribution in [0.25, 0.3) is 10.4 Å². The van der Waals surface area contributed by atoms with Gasteiger partial charge >= 0.3 is 15.6 Å². The average molecular weight is 504 g/mol. The summed E-state index contributed by atoms with van der Waals surface area (Å²) in [4.78, 5) is 17.1. The van der Waals surface area contributed by atoms with E-state index in [1.165, 1.54) is 6.07 Å². The number of benzene rings is 2. The van der Waals surface area contributed by atoms with Crippen LogP contribution in [0.2, 0.25) is 0 Å². The van der Waals surface area contributed by atoms with Gasteiger partial charge in [0.05, 0.1) is 10.6 Å². The third-order valence-corrected chi connectivity index (χ3v) is 6.81. The number of thiazole rings is 1. The minimum absolute atomic E-state index is 0.0229. The van der Waals surface area contributed by atoms with Crippen LogP contribution in [0.1, 0.15) is 28.0 Å². The number of rotatable bonds is 4. The molecule has 1 aliphatic rings. The number of hydrogen-bond acceptors (Lipinski definition) is 6. The van der Waals surface area contributed by atoms with Crippen LogP contribution in [0.5, 0.6) is 5.75 Å². The van der Waals surface area contributed by atoms with E-state index in [1.807, 2.05) is 0 Å². The summed E-state index contributed by atoms with van der Waals surface area (Å²) in [6.07, 6.45) is 1.63. The molecular formula is C20H13F5N2O4S2. The number of anilines is 1. The summed E-state index contributed by atoms with van der Waals surface area (Å²) in [5.41, 5.74) is -4.76. The van der Waals surface area contributed by atoms with Gasteiger partial charge in [-0.25, -0.2) is 13.8 Å². The Kier molecular flexibility index (Phi) is 5.86. The van der Waals surface area contributed by atoms with Crippen LogP contribution in [0, 0.1) is 11.6 Å². The number of hydrogen-bond donors (Lipinski definition) is 1. The zero-order valence-corrected chi connectivity index (χ0v) is 18.0. The molecule has 174 valence electrons. The predicted molar refractivity (Wildman–Crippen MR) is 109 cm³/mol. The summed E-state index contributed by atoms with van der Waals surface area (Å²) in [6, 6.07) is 6.71. The van der Waals surface area contributed by atoms with E-state index in [-0.39, 0.29) is 5.13 Å². The van der Waals surface area contributed by atoms with Crippen LogP contribution >= 0.6 is 11.3 Å². The fourth-order valence-electron chi connectivity index (χ4n) is 3.32. The second kappa shape index (κ2) is 8.37. The lowest BCUT2D eigenvalue weighted by Crippen LogP contribution is -2.28. The van der Waals surface area contributed by atoms with Crippen molar-refractivity contribution in [3.63, 3.8) is 0 Å². The van der Waals surface area contributed by atoms with E-state index < -0.39 is 44.5 Å². The molecule has 0 bridgehead atoms. The number of carbonyl (C=O) groups is 1. The summed E-state index contributed by atoms with van der Waals surface area (Å²) in [7, 11) is -5.85. The Labute approximate surface area is 188 Å². The molecule has 13 heteroatoms. The summed E-state index contributed by atoms with van der Waals surface area (Å²) in [5, 5.41) is 2.36. The fourth-order valence-corrected chi connectivity index (χ4v) is 4.83.